The maximum Gasteiger partial charge on any atom is 0.411 e. The molecule has 192 valence electrons. The number of hydrogen-bond donors (Lipinski definition) is 0. The fourth-order valence-electron chi connectivity index (χ4n) is 5.03. The van der Waals surface area contributed by atoms with Crippen LogP contribution in [0.25, 0.3) is 0 Å². The predicted molar refractivity (Wildman–Crippen MR) is 139 cm³/mol. The molecule has 2 aliphatic heterocycles. The van der Waals surface area contributed by atoms with Gasteiger partial charge in [-0.05, 0) is 61.6 Å². The standard InChI is InChI=1S/C28H37FN2O3.ClH/c1-20(2)19-33-25-11-7-23(8-12-25)18-31-26(17-22-5-9-24(29)10-6-22)28(34-27(31)32)13-15-30(16-14-28)21(3)4;/h5-12,20-21,26H,13-19H2,1-4H3;1H. The van der Waals surface area contributed by atoms with Crippen molar-refractivity contribution in [3.05, 3.63) is 65.5 Å². The van der Waals surface area contributed by atoms with E-state index in [4.69, 9.17) is 9.47 Å². The number of nitrogens with zero attached hydrogens (tertiary/aromatic N) is 2. The summed E-state index contributed by atoms with van der Waals surface area (Å²) < 4.78 is 25.5. The van der Waals surface area contributed by atoms with E-state index >= 15 is 0 Å². The lowest BCUT2D eigenvalue weighted by molar-refractivity contribution is -0.0278. The molecular weight excluding hydrogens is 467 g/mol. The molecule has 5 nitrogen and oxygen atoms in total. The third kappa shape index (κ3) is 6.47. The van der Waals surface area contributed by atoms with Crippen molar-refractivity contribution in [3.8, 4) is 5.75 Å². The van der Waals surface area contributed by atoms with E-state index in [1.165, 1.54) is 12.1 Å². The van der Waals surface area contributed by atoms with Gasteiger partial charge in [0, 0.05) is 38.5 Å². The number of halogens is 2. The molecule has 0 N–H and O–H groups in total. The summed E-state index contributed by atoms with van der Waals surface area (Å²) in [6, 6.07) is 14.9. The van der Waals surface area contributed by atoms with E-state index in [1.54, 1.807) is 0 Å². The van der Waals surface area contributed by atoms with Gasteiger partial charge in [-0.1, -0.05) is 38.1 Å². The van der Waals surface area contributed by atoms with E-state index in [0.29, 0.717) is 31.5 Å². The first-order chi connectivity index (χ1) is 16.3. The number of amides is 1. The van der Waals surface area contributed by atoms with Gasteiger partial charge in [-0.3, -0.25) is 4.90 Å². The summed E-state index contributed by atoms with van der Waals surface area (Å²) in [4.78, 5) is 17.5. The van der Waals surface area contributed by atoms with Crippen LogP contribution in [0.4, 0.5) is 9.18 Å². The van der Waals surface area contributed by atoms with Crippen molar-refractivity contribution < 1.29 is 18.7 Å². The zero-order valence-corrected chi connectivity index (χ0v) is 22.0. The van der Waals surface area contributed by atoms with Gasteiger partial charge in [0.2, 0.25) is 0 Å². The minimum atomic E-state index is -0.517. The van der Waals surface area contributed by atoms with Gasteiger partial charge >= 0.3 is 6.09 Å². The van der Waals surface area contributed by atoms with E-state index < -0.39 is 5.60 Å². The van der Waals surface area contributed by atoms with Crippen LogP contribution in [-0.4, -0.2) is 53.3 Å². The Balaban J connectivity index is 0.00000342. The highest BCUT2D eigenvalue weighted by molar-refractivity contribution is 5.85. The first-order valence-electron chi connectivity index (χ1n) is 12.5. The van der Waals surface area contributed by atoms with Crippen LogP contribution in [-0.2, 0) is 17.7 Å². The Bertz CT molecular complexity index is 957. The van der Waals surface area contributed by atoms with Crippen molar-refractivity contribution in [3.63, 3.8) is 0 Å². The highest BCUT2D eigenvalue weighted by Gasteiger charge is 2.54. The zero-order valence-electron chi connectivity index (χ0n) is 21.2. The molecule has 0 radical (unpaired) electrons. The molecule has 2 saturated heterocycles. The Morgan fingerprint density at radius 1 is 1.00 bits per heavy atom. The summed E-state index contributed by atoms with van der Waals surface area (Å²) in [5.41, 5.74) is 1.53. The highest BCUT2D eigenvalue weighted by Crippen LogP contribution is 2.41. The van der Waals surface area contributed by atoms with Crippen molar-refractivity contribution in [2.45, 2.75) is 71.2 Å². The Morgan fingerprint density at radius 3 is 2.17 bits per heavy atom. The molecule has 1 amide bonds. The van der Waals surface area contributed by atoms with Gasteiger partial charge in [0.05, 0.1) is 12.6 Å². The Labute approximate surface area is 215 Å². The van der Waals surface area contributed by atoms with Crippen molar-refractivity contribution in [2.24, 2.45) is 5.92 Å². The first-order valence-corrected chi connectivity index (χ1v) is 12.5. The van der Waals surface area contributed by atoms with Crippen LogP contribution >= 0.6 is 12.4 Å². The molecular formula is C28H38ClFN2O3. The number of rotatable bonds is 8. The van der Waals surface area contributed by atoms with E-state index in [2.05, 4.69) is 32.6 Å². The number of ether oxygens (including phenoxy) is 2. The van der Waals surface area contributed by atoms with Gasteiger partial charge in [-0.25, -0.2) is 9.18 Å². The molecule has 1 spiro atoms. The summed E-state index contributed by atoms with van der Waals surface area (Å²) in [6.45, 7) is 11.6. The zero-order chi connectivity index (χ0) is 24.3. The van der Waals surface area contributed by atoms with Gasteiger partial charge in [0.15, 0.2) is 0 Å². The Morgan fingerprint density at radius 2 is 1.60 bits per heavy atom. The fraction of sp³-hybridized carbons (Fsp3) is 0.536. The molecule has 7 heteroatoms. The van der Waals surface area contributed by atoms with Crippen LogP contribution < -0.4 is 4.74 Å². The number of piperidine rings is 1. The lowest BCUT2D eigenvalue weighted by Crippen LogP contribution is -2.54. The van der Waals surface area contributed by atoms with Crippen LogP contribution in [0.2, 0.25) is 0 Å². The number of benzene rings is 2. The molecule has 2 aliphatic rings. The molecule has 0 saturated carbocycles. The number of likely N-dealkylation sites (tertiary alicyclic amines) is 1. The van der Waals surface area contributed by atoms with Crippen LogP contribution in [0.5, 0.6) is 5.75 Å². The fourth-order valence-corrected chi connectivity index (χ4v) is 5.03. The normalized spacial score (nSPS) is 19.8. The average Bonchev–Trinajstić information content (AvgIpc) is 3.05. The Kier molecular flexibility index (Phi) is 9.05. The molecule has 2 aromatic rings. The summed E-state index contributed by atoms with van der Waals surface area (Å²) in [7, 11) is 0. The minimum absolute atomic E-state index is 0. The minimum Gasteiger partial charge on any atom is -0.493 e. The van der Waals surface area contributed by atoms with E-state index in [0.717, 1.165) is 42.8 Å². The topological polar surface area (TPSA) is 42.0 Å². The van der Waals surface area contributed by atoms with Crippen molar-refractivity contribution in [2.75, 3.05) is 19.7 Å². The number of carbonyl (C=O) groups excluding carboxylic acids is 1. The van der Waals surface area contributed by atoms with E-state index in [-0.39, 0.29) is 30.4 Å². The van der Waals surface area contributed by atoms with Crippen LogP contribution in [0.3, 0.4) is 0 Å². The van der Waals surface area contributed by atoms with Crippen LogP contribution in [0.1, 0.15) is 51.7 Å². The Hall–Kier alpha value is -2.31. The van der Waals surface area contributed by atoms with Gasteiger partial charge in [-0.15, -0.1) is 12.4 Å². The molecule has 0 aliphatic carbocycles. The van der Waals surface area contributed by atoms with Crippen molar-refractivity contribution >= 4 is 18.5 Å². The van der Waals surface area contributed by atoms with E-state index in [1.807, 2.05) is 41.3 Å². The van der Waals surface area contributed by atoms with Gasteiger partial charge in [0.25, 0.3) is 0 Å². The maximum atomic E-state index is 13.5. The third-order valence-electron chi connectivity index (χ3n) is 7.09. The molecule has 1 atom stereocenters. The molecule has 2 fully saturated rings. The van der Waals surface area contributed by atoms with Crippen LogP contribution in [0, 0.1) is 11.7 Å². The lowest BCUT2D eigenvalue weighted by atomic mass is 9.80. The molecule has 0 bridgehead atoms. The van der Waals surface area contributed by atoms with Gasteiger partial charge in [0.1, 0.15) is 17.2 Å². The summed E-state index contributed by atoms with van der Waals surface area (Å²) >= 11 is 0. The molecule has 2 heterocycles. The largest absolute Gasteiger partial charge is 0.493 e. The molecule has 1 unspecified atom stereocenters. The average molecular weight is 505 g/mol. The maximum absolute atomic E-state index is 13.5. The number of hydrogen-bond acceptors (Lipinski definition) is 4. The SMILES string of the molecule is CC(C)COc1ccc(CN2C(=O)OC3(CCN(C(C)C)CC3)C2Cc2ccc(F)cc2)cc1.Cl. The second kappa shape index (κ2) is 11.6. The molecule has 35 heavy (non-hydrogen) atoms. The predicted octanol–water partition coefficient (Wildman–Crippen LogP) is 6.09. The summed E-state index contributed by atoms with van der Waals surface area (Å²) in [5, 5.41) is 0. The molecule has 4 rings (SSSR count). The second-order valence-electron chi connectivity index (χ2n) is 10.4. The van der Waals surface area contributed by atoms with Gasteiger partial charge < -0.3 is 14.4 Å². The van der Waals surface area contributed by atoms with Crippen LogP contribution in [0.15, 0.2) is 48.5 Å². The smallest absolute Gasteiger partial charge is 0.411 e. The van der Waals surface area contributed by atoms with E-state index in [9.17, 15) is 9.18 Å². The summed E-state index contributed by atoms with van der Waals surface area (Å²) in [6.07, 6.45) is 2.00. The third-order valence-corrected chi connectivity index (χ3v) is 7.09. The second-order valence-corrected chi connectivity index (χ2v) is 10.4. The van der Waals surface area contributed by atoms with Gasteiger partial charge in [-0.2, -0.15) is 0 Å². The van der Waals surface area contributed by atoms with Crippen molar-refractivity contribution in [1.82, 2.24) is 9.80 Å². The monoisotopic (exact) mass is 504 g/mol. The number of carbonyl (C=O) groups is 1. The molecule has 2 aromatic carbocycles. The quantitative estimate of drug-likeness (QED) is 0.436. The van der Waals surface area contributed by atoms with Crippen molar-refractivity contribution in [1.29, 1.82) is 0 Å². The lowest BCUT2D eigenvalue weighted by Gasteiger charge is -2.43. The molecule has 0 aromatic heterocycles. The summed E-state index contributed by atoms with van der Waals surface area (Å²) in [5.74, 6) is 1.05. The first kappa shape index (κ1) is 27.3. The highest BCUT2D eigenvalue weighted by atomic mass is 35.5.